The maximum Gasteiger partial charge on any atom is 0.240 e. The zero-order chi connectivity index (χ0) is 20.8. The van der Waals surface area contributed by atoms with Gasteiger partial charge in [0, 0.05) is 13.6 Å². The summed E-state index contributed by atoms with van der Waals surface area (Å²) in [4.78, 5) is 11.2. The number of hydrogen-bond donors (Lipinski definition) is 1. The molecule has 154 valence electrons. The minimum atomic E-state index is -0.348. The second kappa shape index (κ2) is 9.47. The molecule has 0 fully saturated rings. The molecule has 1 aromatic carbocycles. The van der Waals surface area contributed by atoms with Gasteiger partial charge in [0.1, 0.15) is 11.2 Å². The first-order valence-electron chi connectivity index (χ1n) is 9.87. The number of aliphatic hydroxyl groups excluding tert-OH is 1. The minimum absolute atomic E-state index is 0.348. The van der Waals surface area contributed by atoms with Crippen LogP contribution in [0.2, 0.25) is 0 Å². The van der Waals surface area contributed by atoms with Gasteiger partial charge in [0.05, 0.1) is 35.9 Å². The minimum Gasteiger partial charge on any atom is -0.476 e. The largest absolute Gasteiger partial charge is 0.476 e. The van der Waals surface area contributed by atoms with E-state index in [0.29, 0.717) is 24.6 Å². The van der Waals surface area contributed by atoms with Crippen LogP contribution in [0.1, 0.15) is 32.4 Å². The fourth-order valence-corrected chi connectivity index (χ4v) is 2.79. The Morgan fingerprint density at radius 3 is 2.90 bits per heavy atom. The molecule has 1 N–H and O–H groups in total. The van der Waals surface area contributed by atoms with E-state index in [1.165, 1.54) is 0 Å². The number of aryl methyl sites for hydroxylation is 1. The van der Waals surface area contributed by atoms with Crippen LogP contribution in [0.4, 0.5) is 5.69 Å². The first-order valence-corrected chi connectivity index (χ1v) is 9.87. The van der Waals surface area contributed by atoms with Gasteiger partial charge in [0.15, 0.2) is 0 Å². The summed E-state index contributed by atoms with van der Waals surface area (Å²) in [6, 6.07) is 9.67. The van der Waals surface area contributed by atoms with E-state index in [4.69, 9.17) is 4.74 Å². The van der Waals surface area contributed by atoms with Crippen LogP contribution >= 0.6 is 0 Å². The van der Waals surface area contributed by atoms with E-state index < -0.39 is 0 Å². The molecular formula is C21H28N6O2. The third-order valence-electron chi connectivity index (χ3n) is 4.61. The molecule has 0 radical (unpaired) electrons. The standard InChI is InChI=1S/C21H28N6O2/c1-5-26(4)14-22-18-13-20(27-19-11-7-6-10-17(19)24-25-27)21(23-16(18)3)29-12-8-9-15(2)28/h6-7,10-11,13-15,28H,5,8-9,12H2,1-4H3/b22-14+. The van der Waals surface area contributed by atoms with Crippen molar-refractivity contribution in [3.63, 3.8) is 0 Å². The van der Waals surface area contributed by atoms with Gasteiger partial charge in [-0.15, -0.1) is 5.10 Å². The number of aromatic nitrogens is 4. The molecule has 0 saturated heterocycles. The SMILES string of the molecule is CCN(C)/C=N/c1cc(-n2nnc3ccccc32)c(OCCCC(C)O)nc1C. The van der Waals surface area contributed by atoms with Crippen LogP contribution in [0, 0.1) is 6.92 Å². The van der Waals surface area contributed by atoms with E-state index in [1.807, 2.05) is 49.2 Å². The molecular weight excluding hydrogens is 368 g/mol. The molecule has 1 atom stereocenters. The number of rotatable bonds is 9. The molecule has 0 aliphatic carbocycles. The molecule has 8 heteroatoms. The molecule has 2 heterocycles. The van der Waals surface area contributed by atoms with Gasteiger partial charge in [-0.3, -0.25) is 0 Å². The van der Waals surface area contributed by atoms with E-state index >= 15 is 0 Å². The fourth-order valence-electron chi connectivity index (χ4n) is 2.79. The summed E-state index contributed by atoms with van der Waals surface area (Å²) in [5, 5.41) is 18.0. The van der Waals surface area contributed by atoms with Crippen molar-refractivity contribution in [1.82, 2.24) is 24.9 Å². The summed E-state index contributed by atoms with van der Waals surface area (Å²) in [5.41, 5.74) is 3.87. The summed E-state index contributed by atoms with van der Waals surface area (Å²) >= 11 is 0. The molecule has 0 aliphatic heterocycles. The highest BCUT2D eigenvalue weighted by Crippen LogP contribution is 2.30. The highest BCUT2D eigenvalue weighted by atomic mass is 16.5. The van der Waals surface area contributed by atoms with Gasteiger partial charge in [-0.1, -0.05) is 17.3 Å². The van der Waals surface area contributed by atoms with Crippen molar-refractivity contribution in [2.75, 3.05) is 20.2 Å². The van der Waals surface area contributed by atoms with Gasteiger partial charge in [-0.05, 0) is 51.8 Å². The lowest BCUT2D eigenvalue weighted by Crippen LogP contribution is -2.14. The molecule has 3 rings (SSSR count). The van der Waals surface area contributed by atoms with Crippen LogP contribution in [0.25, 0.3) is 16.7 Å². The van der Waals surface area contributed by atoms with E-state index in [2.05, 4.69) is 27.2 Å². The normalized spacial score (nSPS) is 12.6. The van der Waals surface area contributed by atoms with E-state index in [0.717, 1.165) is 35.4 Å². The number of benzene rings is 1. The molecule has 0 spiro atoms. The Hall–Kier alpha value is -3.00. The molecule has 0 aliphatic rings. The van der Waals surface area contributed by atoms with Crippen molar-refractivity contribution in [3.8, 4) is 11.6 Å². The smallest absolute Gasteiger partial charge is 0.240 e. The monoisotopic (exact) mass is 396 g/mol. The Balaban J connectivity index is 2.00. The second-order valence-electron chi connectivity index (χ2n) is 7.06. The van der Waals surface area contributed by atoms with Gasteiger partial charge >= 0.3 is 0 Å². The quantitative estimate of drug-likeness (QED) is 0.339. The van der Waals surface area contributed by atoms with E-state index in [-0.39, 0.29) is 6.10 Å². The van der Waals surface area contributed by atoms with Crippen LogP contribution in [0.3, 0.4) is 0 Å². The van der Waals surface area contributed by atoms with Crippen LogP contribution in [0.5, 0.6) is 5.88 Å². The maximum atomic E-state index is 9.46. The number of nitrogens with zero attached hydrogens (tertiary/aromatic N) is 6. The third-order valence-corrected chi connectivity index (χ3v) is 4.61. The van der Waals surface area contributed by atoms with Gasteiger partial charge < -0.3 is 14.7 Å². The first-order chi connectivity index (χ1) is 14.0. The number of ether oxygens (including phenoxy) is 1. The third kappa shape index (κ3) is 5.08. The Kier molecular flexibility index (Phi) is 6.77. The zero-order valence-corrected chi connectivity index (χ0v) is 17.4. The molecule has 0 bridgehead atoms. The zero-order valence-electron chi connectivity index (χ0n) is 17.4. The van der Waals surface area contributed by atoms with E-state index in [9.17, 15) is 5.11 Å². The summed E-state index contributed by atoms with van der Waals surface area (Å²) in [7, 11) is 1.97. The average Bonchev–Trinajstić information content (AvgIpc) is 3.14. The van der Waals surface area contributed by atoms with Crippen LogP contribution in [-0.4, -0.2) is 62.6 Å². The molecule has 1 unspecified atom stereocenters. The summed E-state index contributed by atoms with van der Waals surface area (Å²) in [5.74, 6) is 0.478. The maximum absolute atomic E-state index is 9.46. The average molecular weight is 396 g/mol. The number of aliphatic imine (C=N–C) groups is 1. The highest BCUT2D eigenvalue weighted by Gasteiger charge is 2.16. The topological polar surface area (TPSA) is 88.7 Å². The van der Waals surface area contributed by atoms with Gasteiger partial charge in [-0.2, -0.15) is 0 Å². The molecule has 3 aromatic rings. The molecule has 0 amide bonds. The molecule has 2 aromatic heterocycles. The predicted molar refractivity (Wildman–Crippen MR) is 114 cm³/mol. The Bertz CT molecular complexity index is 982. The first kappa shape index (κ1) is 20.7. The van der Waals surface area contributed by atoms with Gasteiger partial charge in [-0.25, -0.2) is 14.7 Å². The summed E-state index contributed by atoms with van der Waals surface area (Å²) < 4.78 is 7.70. The van der Waals surface area contributed by atoms with Crippen molar-refractivity contribution in [3.05, 3.63) is 36.0 Å². The van der Waals surface area contributed by atoms with Crippen molar-refractivity contribution in [2.45, 2.75) is 39.7 Å². The number of pyridine rings is 1. The Morgan fingerprint density at radius 2 is 2.14 bits per heavy atom. The van der Waals surface area contributed by atoms with E-state index in [1.54, 1.807) is 17.9 Å². The summed E-state index contributed by atoms with van der Waals surface area (Å²) in [6.07, 6.45) is 2.85. The Morgan fingerprint density at radius 1 is 1.34 bits per heavy atom. The molecule has 29 heavy (non-hydrogen) atoms. The lowest BCUT2D eigenvalue weighted by molar-refractivity contribution is 0.169. The Labute approximate surface area is 170 Å². The number of hydrogen-bond acceptors (Lipinski definition) is 6. The van der Waals surface area contributed by atoms with Crippen LogP contribution < -0.4 is 4.74 Å². The molecule has 8 nitrogen and oxygen atoms in total. The molecule has 0 saturated carbocycles. The summed E-state index contributed by atoms with van der Waals surface area (Å²) in [6.45, 7) is 7.06. The number of para-hydroxylation sites is 1. The van der Waals surface area contributed by atoms with Crippen molar-refractivity contribution < 1.29 is 9.84 Å². The van der Waals surface area contributed by atoms with Crippen molar-refractivity contribution >= 4 is 23.1 Å². The number of aliphatic hydroxyl groups is 1. The van der Waals surface area contributed by atoms with Crippen LogP contribution in [0.15, 0.2) is 35.3 Å². The van der Waals surface area contributed by atoms with Crippen molar-refractivity contribution in [1.29, 1.82) is 0 Å². The predicted octanol–water partition coefficient (Wildman–Crippen LogP) is 3.28. The van der Waals surface area contributed by atoms with Crippen LogP contribution in [-0.2, 0) is 0 Å². The second-order valence-corrected chi connectivity index (χ2v) is 7.06. The lowest BCUT2D eigenvalue weighted by Gasteiger charge is -2.14. The van der Waals surface area contributed by atoms with Gasteiger partial charge in [0.2, 0.25) is 5.88 Å². The van der Waals surface area contributed by atoms with Gasteiger partial charge in [0.25, 0.3) is 0 Å². The lowest BCUT2D eigenvalue weighted by atomic mass is 10.2. The number of fused-ring (bicyclic) bond motifs is 1. The highest BCUT2D eigenvalue weighted by molar-refractivity contribution is 5.77. The fraction of sp³-hybridized carbons (Fsp3) is 0.429. The van der Waals surface area contributed by atoms with Crippen molar-refractivity contribution in [2.24, 2.45) is 4.99 Å².